The number of carboxylic acid groups (broad SMARTS) is 1. The van der Waals surface area contributed by atoms with Crippen LogP contribution in [-0.4, -0.2) is 36.6 Å². The Balaban J connectivity index is 2.65. The first kappa shape index (κ1) is 13.5. The van der Waals surface area contributed by atoms with Crippen LogP contribution in [0.4, 0.5) is 0 Å². The second-order valence-electron chi connectivity index (χ2n) is 6.22. The quantitative estimate of drug-likeness (QED) is 0.676. The van der Waals surface area contributed by atoms with E-state index < -0.39 is 11.5 Å². The van der Waals surface area contributed by atoms with E-state index in [1.165, 1.54) is 32.1 Å². The molecule has 16 heavy (non-hydrogen) atoms. The van der Waals surface area contributed by atoms with E-state index in [9.17, 15) is 9.90 Å². The average Bonchev–Trinajstić information content (AvgIpc) is 2.18. The van der Waals surface area contributed by atoms with Crippen molar-refractivity contribution in [2.75, 3.05) is 20.6 Å². The fourth-order valence-electron chi connectivity index (χ4n) is 2.49. The van der Waals surface area contributed by atoms with Crippen molar-refractivity contribution in [1.82, 2.24) is 0 Å². The molecule has 0 aromatic heterocycles. The van der Waals surface area contributed by atoms with E-state index in [0.717, 1.165) is 6.54 Å². The van der Waals surface area contributed by atoms with Crippen molar-refractivity contribution >= 4 is 5.97 Å². The maximum Gasteiger partial charge on any atom is 0.133 e. The van der Waals surface area contributed by atoms with Crippen LogP contribution in [0.25, 0.3) is 0 Å². The molecule has 0 heterocycles. The van der Waals surface area contributed by atoms with Gasteiger partial charge in [0.25, 0.3) is 0 Å². The Kier molecular flexibility index (Phi) is 4.00. The number of likely N-dealkylation sites (N-methyl/N-ethyl adjacent to an activating group) is 1. The van der Waals surface area contributed by atoms with Gasteiger partial charge < -0.3 is 14.4 Å². The van der Waals surface area contributed by atoms with Gasteiger partial charge >= 0.3 is 0 Å². The lowest BCUT2D eigenvalue weighted by Crippen LogP contribution is -2.65. The second-order valence-corrected chi connectivity index (χ2v) is 6.22. The van der Waals surface area contributed by atoms with Crippen LogP contribution >= 0.6 is 0 Å². The first-order valence-corrected chi connectivity index (χ1v) is 6.32. The molecule has 94 valence electrons. The summed E-state index contributed by atoms with van der Waals surface area (Å²) in [5.74, 6) is -0.268. The second kappa shape index (κ2) is 4.74. The van der Waals surface area contributed by atoms with Gasteiger partial charge in [0.15, 0.2) is 0 Å². The van der Waals surface area contributed by atoms with Crippen molar-refractivity contribution in [3.63, 3.8) is 0 Å². The number of quaternary nitrogens is 1. The summed E-state index contributed by atoms with van der Waals surface area (Å²) in [6, 6.07) is 0. The van der Waals surface area contributed by atoms with E-state index in [4.69, 9.17) is 0 Å². The standard InChI is InChI=1S/C13H25NO2/c1-13(2,12(15)16)14(3,4)10-11-8-6-5-7-9-11/h11H,5-10H2,1-4H3. The highest BCUT2D eigenvalue weighted by molar-refractivity contribution is 5.73. The molecule has 1 rings (SSSR count). The first-order valence-electron chi connectivity index (χ1n) is 6.32. The molecule has 1 saturated carbocycles. The third kappa shape index (κ3) is 2.76. The highest BCUT2D eigenvalue weighted by Gasteiger charge is 2.39. The molecule has 0 aromatic carbocycles. The van der Waals surface area contributed by atoms with Gasteiger partial charge in [-0.15, -0.1) is 0 Å². The van der Waals surface area contributed by atoms with Crippen LogP contribution in [-0.2, 0) is 4.79 Å². The first-order chi connectivity index (χ1) is 7.27. The van der Waals surface area contributed by atoms with E-state index in [1.54, 1.807) is 13.8 Å². The van der Waals surface area contributed by atoms with Gasteiger partial charge in [0, 0.05) is 5.92 Å². The molecule has 0 radical (unpaired) electrons. The highest BCUT2D eigenvalue weighted by Crippen LogP contribution is 2.29. The molecule has 0 bridgehead atoms. The number of nitrogens with zero attached hydrogens (tertiary/aromatic N) is 1. The Morgan fingerprint density at radius 3 is 2.19 bits per heavy atom. The number of aliphatic carboxylic acids is 1. The minimum atomic E-state index is -0.951. The molecular formula is C13H25NO2. The molecule has 3 heteroatoms. The molecule has 0 spiro atoms. The number of carboxylic acids is 1. The van der Waals surface area contributed by atoms with Crippen LogP contribution in [0, 0.1) is 5.92 Å². The molecule has 0 unspecified atom stereocenters. The summed E-state index contributed by atoms with van der Waals surface area (Å²) in [7, 11) is 4.01. The van der Waals surface area contributed by atoms with E-state index in [0.29, 0.717) is 10.4 Å². The molecule has 0 aromatic rings. The minimum absolute atomic E-state index is 0.514. The zero-order valence-corrected chi connectivity index (χ0v) is 11.1. The number of carbonyl (C=O) groups is 1. The maximum atomic E-state index is 11.2. The van der Waals surface area contributed by atoms with Crippen molar-refractivity contribution in [3.05, 3.63) is 0 Å². The van der Waals surface area contributed by atoms with Crippen LogP contribution in [0.2, 0.25) is 0 Å². The Labute approximate surface area is 99.0 Å². The Morgan fingerprint density at radius 1 is 1.25 bits per heavy atom. The van der Waals surface area contributed by atoms with Crippen molar-refractivity contribution in [2.45, 2.75) is 51.5 Å². The molecule has 0 aliphatic heterocycles. The molecule has 3 nitrogen and oxygen atoms in total. The van der Waals surface area contributed by atoms with Gasteiger partial charge in [0.05, 0.1) is 20.6 Å². The number of carbonyl (C=O) groups excluding carboxylic acids is 1. The van der Waals surface area contributed by atoms with Gasteiger partial charge in [-0.1, -0.05) is 19.3 Å². The zero-order chi connectivity index (χ0) is 12.4. The molecule has 0 amide bonds. The Hall–Kier alpha value is -0.570. The van der Waals surface area contributed by atoms with Gasteiger partial charge in [-0.2, -0.15) is 0 Å². The molecule has 1 aliphatic rings. The average molecular weight is 227 g/mol. The van der Waals surface area contributed by atoms with Crippen molar-refractivity contribution in [3.8, 4) is 0 Å². The van der Waals surface area contributed by atoms with Gasteiger partial charge in [-0.25, -0.2) is 0 Å². The maximum absolute atomic E-state index is 11.2. The normalized spacial score (nSPS) is 19.8. The summed E-state index contributed by atoms with van der Waals surface area (Å²) in [5.41, 5.74) is -0.808. The molecule has 1 fully saturated rings. The molecular weight excluding hydrogens is 202 g/mol. The van der Waals surface area contributed by atoms with Gasteiger partial charge in [0.1, 0.15) is 11.5 Å². The van der Waals surface area contributed by atoms with Crippen molar-refractivity contribution in [1.29, 1.82) is 0 Å². The summed E-state index contributed by atoms with van der Waals surface area (Å²) in [5, 5.41) is 11.2. The minimum Gasteiger partial charge on any atom is -0.544 e. The summed E-state index contributed by atoms with van der Waals surface area (Å²) < 4.78 is 0.514. The van der Waals surface area contributed by atoms with Crippen LogP contribution in [0.15, 0.2) is 0 Å². The monoisotopic (exact) mass is 227 g/mol. The van der Waals surface area contributed by atoms with E-state index >= 15 is 0 Å². The predicted octanol–water partition coefficient (Wildman–Crippen LogP) is 1.17. The largest absolute Gasteiger partial charge is 0.544 e. The fourth-order valence-corrected chi connectivity index (χ4v) is 2.49. The predicted molar refractivity (Wildman–Crippen MR) is 62.6 cm³/mol. The van der Waals surface area contributed by atoms with E-state index in [1.807, 2.05) is 14.1 Å². The smallest absolute Gasteiger partial charge is 0.133 e. The number of rotatable bonds is 4. The van der Waals surface area contributed by atoms with Crippen LogP contribution in [0.3, 0.4) is 0 Å². The number of hydrogen-bond donors (Lipinski definition) is 0. The summed E-state index contributed by atoms with van der Waals surface area (Å²) in [6.07, 6.45) is 6.45. The van der Waals surface area contributed by atoms with Gasteiger partial charge in [-0.05, 0) is 26.7 Å². The Bertz CT molecular complexity index is 253. The third-order valence-corrected chi connectivity index (χ3v) is 4.45. The zero-order valence-electron chi connectivity index (χ0n) is 11.1. The van der Waals surface area contributed by atoms with Crippen LogP contribution < -0.4 is 5.11 Å². The molecule has 1 aliphatic carbocycles. The summed E-state index contributed by atoms with van der Waals surface area (Å²) in [6.45, 7) is 4.48. The number of hydrogen-bond acceptors (Lipinski definition) is 2. The lowest BCUT2D eigenvalue weighted by atomic mass is 9.87. The summed E-state index contributed by atoms with van der Waals surface area (Å²) in [4.78, 5) is 11.2. The van der Waals surface area contributed by atoms with E-state index in [-0.39, 0.29) is 0 Å². The van der Waals surface area contributed by atoms with Gasteiger partial charge in [0.2, 0.25) is 0 Å². The SMILES string of the molecule is CC(C)(C(=O)[O-])[N+](C)(C)CC1CCCCC1. The molecule has 0 N–H and O–H groups in total. The molecule has 0 saturated heterocycles. The highest BCUT2D eigenvalue weighted by atomic mass is 16.4. The van der Waals surface area contributed by atoms with Crippen LogP contribution in [0.1, 0.15) is 46.0 Å². The molecule has 0 atom stereocenters. The lowest BCUT2D eigenvalue weighted by molar-refractivity contribution is -0.933. The Morgan fingerprint density at radius 2 is 1.75 bits per heavy atom. The van der Waals surface area contributed by atoms with Crippen molar-refractivity contribution in [2.24, 2.45) is 5.92 Å². The van der Waals surface area contributed by atoms with Gasteiger partial charge in [-0.3, -0.25) is 0 Å². The topological polar surface area (TPSA) is 40.1 Å². The fraction of sp³-hybridized carbons (Fsp3) is 0.923. The van der Waals surface area contributed by atoms with Crippen LogP contribution in [0.5, 0.6) is 0 Å². The summed E-state index contributed by atoms with van der Waals surface area (Å²) >= 11 is 0. The van der Waals surface area contributed by atoms with E-state index in [2.05, 4.69) is 0 Å². The lowest BCUT2D eigenvalue weighted by Gasteiger charge is -2.47. The third-order valence-electron chi connectivity index (χ3n) is 4.45. The van der Waals surface area contributed by atoms with Crippen molar-refractivity contribution < 1.29 is 14.4 Å².